The number of nitrogens with one attached hydrogen (secondary N) is 1. The molecule has 0 aliphatic heterocycles. The highest BCUT2D eigenvalue weighted by atomic mass is 16.5. The number of para-hydroxylation sites is 1. The third kappa shape index (κ3) is 5.28. The number of aliphatic hydroxyl groups excluding tert-OH is 1. The van der Waals surface area contributed by atoms with Crippen LogP contribution >= 0.6 is 0 Å². The molecule has 2 aromatic rings. The van der Waals surface area contributed by atoms with Crippen LogP contribution in [0.25, 0.3) is 0 Å². The molecule has 1 amide bonds. The maximum atomic E-state index is 11.8. The Morgan fingerprint density at radius 1 is 1.05 bits per heavy atom. The molecule has 0 saturated heterocycles. The van der Waals surface area contributed by atoms with Crippen molar-refractivity contribution in [2.75, 3.05) is 13.2 Å². The molecule has 0 spiro atoms. The minimum Gasteiger partial charge on any atom is -0.484 e. The number of amides is 1. The Kier molecular flexibility index (Phi) is 5.79. The molecule has 110 valence electrons. The molecule has 0 aliphatic carbocycles. The first-order valence-electron chi connectivity index (χ1n) is 6.90. The molecule has 0 heterocycles. The van der Waals surface area contributed by atoms with Gasteiger partial charge in [-0.15, -0.1) is 0 Å². The minimum atomic E-state index is -0.306. The van der Waals surface area contributed by atoms with Gasteiger partial charge in [0, 0.05) is 0 Å². The van der Waals surface area contributed by atoms with Crippen LogP contribution in [0.15, 0.2) is 60.7 Å². The van der Waals surface area contributed by atoms with Gasteiger partial charge in [0.15, 0.2) is 6.61 Å². The molecule has 0 saturated carbocycles. The summed E-state index contributed by atoms with van der Waals surface area (Å²) in [4.78, 5) is 11.8. The lowest BCUT2D eigenvalue weighted by atomic mass is 10.1. The zero-order valence-electron chi connectivity index (χ0n) is 11.7. The van der Waals surface area contributed by atoms with Crippen molar-refractivity contribution < 1.29 is 14.6 Å². The summed E-state index contributed by atoms with van der Waals surface area (Å²) in [6.45, 7) is -0.165. The van der Waals surface area contributed by atoms with E-state index in [0.717, 1.165) is 5.56 Å². The lowest BCUT2D eigenvalue weighted by molar-refractivity contribution is -0.124. The monoisotopic (exact) mass is 285 g/mol. The molecule has 0 bridgehead atoms. The second kappa shape index (κ2) is 8.07. The van der Waals surface area contributed by atoms with Gasteiger partial charge in [0.05, 0.1) is 12.6 Å². The van der Waals surface area contributed by atoms with Crippen molar-refractivity contribution in [2.24, 2.45) is 0 Å². The van der Waals surface area contributed by atoms with E-state index in [1.807, 2.05) is 48.5 Å². The standard InChI is InChI=1S/C17H19NO3/c19-12-15(11-14-7-3-1-4-8-14)18-17(20)13-21-16-9-5-2-6-10-16/h1-10,15,19H,11-13H2,(H,18,20)/t15-/m0/s1. The highest BCUT2D eigenvalue weighted by Crippen LogP contribution is 2.08. The van der Waals surface area contributed by atoms with E-state index in [4.69, 9.17) is 4.74 Å². The minimum absolute atomic E-state index is 0.0602. The molecule has 0 aliphatic rings. The smallest absolute Gasteiger partial charge is 0.258 e. The molecule has 0 unspecified atom stereocenters. The molecular weight excluding hydrogens is 266 g/mol. The molecule has 1 atom stereocenters. The van der Waals surface area contributed by atoms with E-state index in [0.29, 0.717) is 12.2 Å². The maximum Gasteiger partial charge on any atom is 0.258 e. The van der Waals surface area contributed by atoms with Crippen molar-refractivity contribution in [3.63, 3.8) is 0 Å². The number of hydrogen-bond donors (Lipinski definition) is 2. The van der Waals surface area contributed by atoms with E-state index in [-0.39, 0.29) is 25.2 Å². The Balaban J connectivity index is 1.80. The zero-order valence-corrected chi connectivity index (χ0v) is 11.7. The van der Waals surface area contributed by atoms with E-state index < -0.39 is 0 Å². The van der Waals surface area contributed by atoms with Gasteiger partial charge in [-0.2, -0.15) is 0 Å². The molecule has 2 N–H and O–H groups in total. The molecule has 21 heavy (non-hydrogen) atoms. The third-order valence-corrected chi connectivity index (χ3v) is 3.02. The van der Waals surface area contributed by atoms with Crippen LogP contribution in [0.4, 0.5) is 0 Å². The van der Waals surface area contributed by atoms with Crippen LogP contribution in [0.2, 0.25) is 0 Å². The third-order valence-electron chi connectivity index (χ3n) is 3.02. The fourth-order valence-corrected chi connectivity index (χ4v) is 1.99. The van der Waals surface area contributed by atoms with E-state index in [9.17, 15) is 9.90 Å². The van der Waals surface area contributed by atoms with Crippen molar-refractivity contribution in [3.05, 3.63) is 66.2 Å². The molecule has 4 heteroatoms. The highest BCUT2D eigenvalue weighted by molar-refractivity contribution is 5.77. The highest BCUT2D eigenvalue weighted by Gasteiger charge is 2.12. The van der Waals surface area contributed by atoms with Crippen molar-refractivity contribution >= 4 is 5.91 Å². The van der Waals surface area contributed by atoms with Crippen LogP contribution in [-0.4, -0.2) is 30.3 Å². The van der Waals surface area contributed by atoms with Gasteiger partial charge < -0.3 is 15.2 Å². The van der Waals surface area contributed by atoms with E-state index in [1.54, 1.807) is 12.1 Å². The number of benzene rings is 2. The first kappa shape index (κ1) is 15.1. The van der Waals surface area contributed by atoms with Crippen LogP contribution < -0.4 is 10.1 Å². The summed E-state index contributed by atoms with van der Waals surface area (Å²) in [5.41, 5.74) is 1.07. The predicted octanol–water partition coefficient (Wildman–Crippen LogP) is 1.79. The fourth-order valence-electron chi connectivity index (χ4n) is 1.99. The van der Waals surface area contributed by atoms with Gasteiger partial charge in [0.25, 0.3) is 5.91 Å². The average Bonchev–Trinajstić information content (AvgIpc) is 2.54. The number of hydrogen-bond acceptors (Lipinski definition) is 3. The Hall–Kier alpha value is -2.33. The second-order valence-electron chi connectivity index (χ2n) is 4.74. The SMILES string of the molecule is O=C(COc1ccccc1)N[C@H](CO)Cc1ccccc1. The van der Waals surface area contributed by atoms with Crippen LogP contribution in [0.3, 0.4) is 0 Å². The van der Waals surface area contributed by atoms with Gasteiger partial charge >= 0.3 is 0 Å². The molecule has 0 radical (unpaired) electrons. The van der Waals surface area contributed by atoms with Crippen molar-refractivity contribution in [3.8, 4) is 5.75 Å². The zero-order chi connectivity index (χ0) is 14.9. The van der Waals surface area contributed by atoms with Gasteiger partial charge in [-0.05, 0) is 24.1 Å². The Morgan fingerprint density at radius 2 is 1.67 bits per heavy atom. The summed E-state index contributed by atoms with van der Waals surface area (Å²) in [7, 11) is 0. The van der Waals surface area contributed by atoms with Gasteiger partial charge in [0.1, 0.15) is 5.75 Å². The first-order chi connectivity index (χ1) is 10.3. The number of rotatable bonds is 7. The van der Waals surface area contributed by atoms with Crippen LogP contribution in [-0.2, 0) is 11.2 Å². The number of carbonyl (C=O) groups excluding carboxylic acids is 1. The van der Waals surface area contributed by atoms with E-state index in [1.165, 1.54) is 0 Å². The number of aliphatic hydroxyl groups is 1. The van der Waals surface area contributed by atoms with Gasteiger partial charge in [0.2, 0.25) is 0 Å². The van der Waals surface area contributed by atoms with Gasteiger partial charge in [-0.3, -0.25) is 4.79 Å². The maximum absolute atomic E-state index is 11.8. The summed E-state index contributed by atoms with van der Waals surface area (Å²) < 4.78 is 5.37. The molecule has 4 nitrogen and oxygen atoms in total. The summed E-state index contributed by atoms with van der Waals surface area (Å²) in [6, 6.07) is 18.6. The molecule has 0 aromatic heterocycles. The van der Waals surface area contributed by atoms with Crippen molar-refractivity contribution in [1.82, 2.24) is 5.32 Å². The van der Waals surface area contributed by atoms with Crippen LogP contribution in [0, 0.1) is 0 Å². The average molecular weight is 285 g/mol. The van der Waals surface area contributed by atoms with Crippen molar-refractivity contribution in [1.29, 1.82) is 0 Å². The largest absolute Gasteiger partial charge is 0.484 e. The first-order valence-corrected chi connectivity index (χ1v) is 6.90. The Labute approximate surface area is 124 Å². The van der Waals surface area contributed by atoms with Gasteiger partial charge in [-0.1, -0.05) is 48.5 Å². The lowest BCUT2D eigenvalue weighted by Gasteiger charge is -2.16. The van der Waals surface area contributed by atoms with Crippen molar-refractivity contribution in [2.45, 2.75) is 12.5 Å². The van der Waals surface area contributed by atoms with Gasteiger partial charge in [-0.25, -0.2) is 0 Å². The quantitative estimate of drug-likeness (QED) is 0.815. The molecule has 2 aromatic carbocycles. The normalized spacial score (nSPS) is 11.7. The number of ether oxygens (including phenoxy) is 1. The Bertz CT molecular complexity index is 542. The fraction of sp³-hybridized carbons (Fsp3) is 0.235. The van der Waals surface area contributed by atoms with E-state index >= 15 is 0 Å². The summed E-state index contributed by atoms with van der Waals surface area (Å²) in [5, 5.41) is 12.1. The lowest BCUT2D eigenvalue weighted by Crippen LogP contribution is -2.41. The summed E-state index contributed by atoms with van der Waals surface area (Å²) in [6.07, 6.45) is 0.592. The summed E-state index contributed by atoms with van der Waals surface area (Å²) >= 11 is 0. The van der Waals surface area contributed by atoms with Crippen LogP contribution in [0.5, 0.6) is 5.75 Å². The summed E-state index contributed by atoms with van der Waals surface area (Å²) in [5.74, 6) is 0.407. The van der Waals surface area contributed by atoms with E-state index in [2.05, 4.69) is 5.32 Å². The second-order valence-corrected chi connectivity index (χ2v) is 4.74. The predicted molar refractivity (Wildman–Crippen MR) is 81.1 cm³/mol. The molecule has 0 fully saturated rings. The molecular formula is C17H19NO3. The topological polar surface area (TPSA) is 58.6 Å². The number of carbonyl (C=O) groups is 1. The Morgan fingerprint density at radius 3 is 2.29 bits per heavy atom. The van der Waals surface area contributed by atoms with Crippen LogP contribution in [0.1, 0.15) is 5.56 Å². The molecule has 2 rings (SSSR count).